The van der Waals surface area contributed by atoms with E-state index < -0.39 is 6.36 Å². The van der Waals surface area contributed by atoms with Crippen molar-refractivity contribution in [1.82, 2.24) is 0 Å². The second-order valence-corrected chi connectivity index (χ2v) is 2.72. The van der Waals surface area contributed by atoms with Crippen molar-refractivity contribution in [3.05, 3.63) is 29.8 Å². The smallest absolute Gasteiger partial charge is 0.404 e. The summed E-state index contributed by atoms with van der Waals surface area (Å²) in [5.74, 6) is 4.48. The topological polar surface area (TPSA) is 26.3 Å². The van der Waals surface area contributed by atoms with Crippen molar-refractivity contribution in [3.8, 4) is 17.6 Å². The van der Waals surface area contributed by atoms with Crippen molar-refractivity contribution >= 4 is 6.29 Å². The van der Waals surface area contributed by atoms with Crippen molar-refractivity contribution < 1.29 is 22.7 Å². The lowest BCUT2D eigenvalue weighted by atomic mass is 10.2. The molecule has 1 aromatic carbocycles. The van der Waals surface area contributed by atoms with E-state index in [1.54, 1.807) is 0 Å². The predicted molar refractivity (Wildman–Crippen MR) is 50.7 cm³/mol. The molecule has 0 saturated heterocycles. The highest BCUT2D eigenvalue weighted by atomic mass is 19.4. The molecule has 0 aliphatic carbocycles. The number of carbonyl (C=O) groups is 1. The van der Waals surface area contributed by atoms with Crippen LogP contribution in [-0.4, -0.2) is 12.6 Å². The number of alkyl halides is 3. The maximum Gasteiger partial charge on any atom is 0.573 e. The number of aldehydes is 1. The minimum Gasteiger partial charge on any atom is -0.404 e. The Morgan fingerprint density at radius 1 is 1.31 bits per heavy atom. The molecule has 5 heteroatoms. The van der Waals surface area contributed by atoms with E-state index in [1.165, 1.54) is 24.3 Å². The van der Waals surface area contributed by atoms with Gasteiger partial charge in [0, 0.05) is 0 Å². The van der Waals surface area contributed by atoms with Gasteiger partial charge in [0.25, 0.3) is 0 Å². The maximum absolute atomic E-state index is 12.0. The average Bonchev–Trinajstić information content (AvgIpc) is 2.19. The Balaban J connectivity index is 2.93. The number of halogens is 3. The summed E-state index contributed by atoms with van der Waals surface area (Å²) in [7, 11) is 0. The molecule has 0 aliphatic rings. The van der Waals surface area contributed by atoms with Gasteiger partial charge in [0.2, 0.25) is 0 Å². The lowest BCUT2D eigenvalue weighted by molar-refractivity contribution is -0.274. The van der Waals surface area contributed by atoms with Crippen LogP contribution in [0.15, 0.2) is 24.3 Å². The number of hydrogen-bond acceptors (Lipinski definition) is 2. The molecule has 0 spiro atoms. The Morgan fingerprint density at radius 2 is 2.00 bits per heavy atom. The van der Waals surface area contributed by atoms with Crippen LogP contribution in [0.4, 0.5) is 13.2 Å². The first kappa shape index (κ1) is 12.1. The second kappa shape index (κ2) is 5.21. The third-order valence-electron chi connectivity index (χ3n) is 1.52. The largest absolute Gasteiger partial charge is 0.573 e. The van der Waals surface area contributed by atoms with E-state index in [0.29, 0.717) is 6.29 Å². The van der Waals surface area contributed by atoms with Gasteiger partial charge in [0.1, 0.15) is 12.0 Å². The average molecular weight is 228 g/mol. The van der Waals surface area contributed by atoms with Crippen molar-refractivity contribution in [1.29, 1.82) is 0 Å². The van der Waals surface area contributed by atoms with Gasteiger partial charge < -0.3 is 9.53 Å². The molecule has 1 rings (SSSR count). The molecule has 84 valence electrons. The number of ether oxygens (including phenoxy) is 1. The molecule has 0 bridgehead atoms. The summed E-state index contributed by atoms with van der Waals surface area (Å²) in [5, 5.41) is 0. The van der Waals surface area contributed by atoms with E-state index in [2.05, 4.69) is 16.6 Å². The van der Waals surface area contributed by atoms with Crippen LogP contribution in [-0.2, 0) is 4.79 Å². The van der Waals surface area contributed by atoms with Crippen LogP contribution in [0, 0.1) is 11.8 Å². The highest BCUT2D eigenvalue weighted by Gasteiger charge is 2.31. The van der Waals surface area contributed by atoms with Gasteiger partial charge in [0.15, 0.2) is 0 Å². The van der Waals surface area contributed by atoms with Crippen molar-refractivity contribution in [2.24, 2.45) is 0 Å². The number of benzene rings is 1. The first-order chi connectivity index (χ1) is 7.53. The van der Waals surface area contributed by atoms with Crippen LogP contribution < -0.4 is 4.74 Å². The highest BCUT2D eigenvalue weighted by Crippen LogP contribution is 2.25. The number of hydrogen-bond donors (Lipinski definition) is 0. The summed E-state index contributed by atoms with van der Waals surface area (Å²) in [5.41, 5.74) is 0.0988. The standard InChI is InChI=1S/C11H7F3O2/c12-11(13,14)16-10-7-2-1-5-9(10)6-3-4-8-15/h1-2,5,7-8H,4H2. The molecule has 0 fully saturated rings. The van der Waals surface area contributed by atoms with E-state index in [1.807, 2.05) is 0 Å². The summed E-state index contributed by atoms with van der Waals surface area (Å²) < 4.78 is 39.7. The fourth-order valence-electron chi connectivity index (χ4n) is 0.972. The van der Waals surface area contributed by atoms with E-state index in [4.69, 9.17) is 0 Å². The summed E-state index contributed by atoms with van der Waals surface area (Å²) in [6.07, 6.45) is -4.21. The van der Waals surface area contributed by atoms with Gasteiger partial charge in [-0.3, -0.25) is 0 Å². The maximum atomic E-state index is 12.0. The van der Waals surface area contributed by atoms with E-state index in [-0.39, 0.29) is 17.7 Å². The molecular weight excluding hydrogens is 221 g/mol. The fraction of sp³-hybridized carbons (Fsp3) is 0.182. The van der Waals surface area contributed by atoms with Crippen LogP contribution in [0.3, 0.4) is 0 Å². The van der Waals surface area contributed by atoms with Gasteiger partial charge in [-0.1, -0.05) is 24.0 Å². The normalized spacial score (nSPS) is 10.2. The van der Waals surface area contributed by atoms with Crippen LogP contribution in [0.1, 0.15) is 12.0 Å². The van der Waals surface area contributed by atoms with Gasteiger partial charge in [-0.15, -0.1) is 13.2 Å². The fourth-order valence-corrected chi connectivity index (χ4v) is 0.972. The van der Waals surface area contributed by atoms with Crippen molar-refractivity contribution in [3.63, 3.8) is 0 Å². The van der Waals surface area contributed by atoms with Crippen LogP contribution >= 0.6 is 0 Å². The molecule has 0 amide bonds. The third-order valence-corrected chi connectivity index (χ3v) is 1.52. The van der Waals surface area contributed by atoms with Crippen molar-refractivity contribution in [2.75, 3.05) is 0 Å². The summed E-state index contributed by atoms with van der Waals surface area (Å²) in [6.45, 7) is 0. The molecule has 0 aromatic heterocycles. The summed E-state index contributed by atoms with van der Waals surface area (Å²) in [6, 6.07) is 5.50. The first-order valence-corrected chi connectivity index (χ1v) is 4.30. The molecule has 0 radical (unpaired) electrons. The SMILES string of the molecule is O=CCC#Cc1ccccc1OC(F)(F)F. The van der Waals surface area contributed by atoms with Gasteiger partial charge in [0.05, 0.1) is 12.0 Å². The Hall–Kier alpha value is -1.96. The van der Waals surface area contributed by atoms with Crippen LogP contribution in [0.25, 0.3) is 0 Å². The zero-order chi connectivity index (χ0) is 12.0. The quantitative estimate of drug-likeness (QED) is 0.574. The number of para-hydroxylation sites is 1. The summed E-state index contributed by atoms with van der Waals surface area (Å²) >= 11 is 0. The Bertz CT molecular complexity index is 427. The van der Waals surface area contributed by atoms with Crippen molar-refractivity contribution in [2.45, 2.75) is 12.8 Å². The van der Waals surface area contributed by atoms with E-state index in [0.717, 1.165) is 0 Å². The first-order valence-electron chi connectivity index (χ1n) is 4.30. The molecule has 0 N–H and O–H groups in total. The predicted octanol–water partition coefficient (Wildman–Crippen LogP) is 2.53. The van der Waals surface area contributed by atoms with Gasteiger partial charge in [-0.05, 0) is 12.1 Å². The molecular formula is C11H7F3O2. The zero-order valence-corrected chi connectivity index (χ0v) is 8.04. The van der Waals surface area contributed by atoms with Gasteiger partial charge in [-0.25, -0.2) is 0 Å². The number of rotatable bonds is 2. The van der Waals surface area contributed by atoms with Crippen LogP contribution in [0.2, 0.25) is 0 Å². The lowest BCUT2D eigenvalue weighted by Gasteiger charge is -2.09. The second-order valence-electron chi connectivity index (χ2n) is 2.72. The Kier molecular flexibility index (Phi) is 3.95. The third kappa shape index (κ3) is 4.05. The van der Waals surface area contributed by atoms with Gasteiger partial charge >= 0.3 is 6.36 Å². The minimum atomic E-state index is -4.75. The number of carbonyl (C=O) groups excluding carboxylic acids is 1. The monoisotopic (exact) mass is 228 g/mol. The highest BCUT2D eigenvalue weighted by molar-refractivity contribution is 5.56. The molecule has 0 heterocycles. The molecule has 16 heavy (non-hydrogen) atoms. The van der Waals surface area contributed by atoms with Gasteiger partial charge in [-0.2, -0.15) is 0 Å². The van der Waals surface area contributed by atoms with Crippen LogP contribution in [0.5, 0.6) is 5.75 Å². The lowest BCUT2D eigenvalue weighted by Crippen LogP contribution is -2.17. The molecule has 2 nitrogen and oxygen atoms in total. The Labute approximate surface area is 90.0 Å². The Morgan fingerprint density at radius 3 is 2.62 bits per heavy atom. The molecule has 0 atom stereocenters. The molecule has 1 aromatic rings. The molecule has 0 saturated carbocycles. The van der Waals surface area contributed by atoms with E-state index in [9.17, 15) is 18.0 Å². The minimum absolute atomic E-state index is 0.0274. The van der Waals surface area contributed by atoms with E-state index >= 15 is 0 Å². The molecule has 0 aliphatic heterocycles. The molecule has 0 unspecified atom stereocenters. The summed E-state index contributed by atoms with van der Waals surface area (Å²) in [4.78, 5) is 10.00. The zero-order valence-electron chi connectivity index (χ0n) is 8.04.